The fraction of sp³-hybridized carbons (Fsp3) is 0.750. The van der Waals surface area contributed by atoms with Crippen LogP contribution in [0.5, 0.6) is 0 Å². The summed E-state index contributed by atoms with van der Waals surface area (Å²) in [6, 6.07) is 0. The first-order valence-electron chi connectivity index (χ1n) is 5.93. The van der Waals surface area contributed by atoms with Crippen LogP contribution in [0.3, 0.4) is 0 Å². The molecule has 1 rings (SSSR count). The number of ether oxygens (including phenoxy) is 2. The van der Waals surface area contributed by atoms with Gasteiger partial charge in [0.1, 0.15) is 0 Å². The van der Waals surface area contributed by atoms with Crippen molar-refractivity contribution < 1.29 is 9.47 Å². The van der Waals surface area contributed by atoms with Crippen molar-refractivity contribution in [2.45, 2.75) is 20.4 Å². The van der Waals surface area contributed by atoms with Crippen LogP contribution < -0.4 is 5.32 Å². The summed E-state index contributed by atoms with van der Waals surface area (Å²) >= 11 is 0. The third-order valence-corrected chi connectivity index (χ3v) is 2.82. The third-order valence-electron chi connectivity index (χ3n) is 2.82. The van der Waals surface area contributed by atoms with E-state index in [9.17, 15) is 0 Å². The van der Waals surface area contributed by atoms with E-state index in [1.165, 1.54) is 11.3 Å². The van der Waals surface area contributed by atoms with E-state index < -0.39 is 0 Å². The molecular weight excluding hydrogens is 218 g/mol. The van der Waals surface area contributed by atoms with Crippen LogP contribution in [0, 0.1) is 13.8 Å². The smallest absolute Gasteiger partial charge is 0.0700 e. The largest absolute Gasteiger partial charge is 0.382 e. The van der Waals surface area contributed by atoms with Gasteiger partial charge in [-0.05, 0) is 13.8 Å². The number of nitrogens with zero attached hydrogens (tertiary/aromatic N) is 2. The first-order chi connectivity index (χ1) is 8.16. The number of aryl methyl sites for hydroxylation is 2. The molecule has 0 aliphatic heterocycles. The molecule has 5 nitrogen and oxygen atoms in total. The second kappa shape index (κ2) is 7.42. The molecule has 1 aromatic heterocycles. The molecule has 0 atom stereocenters. The van der Waals surface area contributed by atoms with Gasteiger partial charge in [0.25, 0.3) is 0 Å². The summed E-state index contributed by atoms with van der Waals surface area (Å²) in [5, 5.41) is 7.73. The van der Waals surface area contributed by atoms with Crippen LogP contribution in [0.2, 0.25) is 0 Å². The molecule has 0 bridgehead atoms. The number of hydrogen-bond donors (Lipinski definition) is 1. The minimum absolute atomic E-state index is 0.654. The fourth-order valence-electron chi connectivity index (χ4n) is 1.68. The minimum Gasteiger partial charge on any atom is -0.382 e. The first-order valence-corrected chi connectivity index (χ1v) is 5.93. The Kier molecular flexibility index (Phi) is 6.18. The Hall–Kier alpha value is -0.910. The van der Waals surface area contributed by atoms with Gasteiger partial charge in [-0.1, -0.05) is 0 Å². The second-order valence-corrected chi connectivity index (χ2v) is 4.05. The molecule has 0 saturated carbocycles. The van der Waals surface area contributed by atoms with Crippen molar-refractivity contribution >= 4 is 0 Å². The average Bonchev–Trinajstić information content (AvgIpc) is 2.54. The Morgan fingerprint density at radius 2 is 2.00 bits per heavy atom. The molecule has 0 aliphatic rings. The van der Waals surface area contributed by atoms with Crippen LogP contribution in [0.25, 0.3) is 0 Å². The Morgan fingerprint density at radius 3 is 2.59 bits per heavy atom. The van der Waals surface area contributed by atoms with Crippen LogP contribution in [0.4, 0.5) is 0 Å². The summed E-state index contributed by atoms with van der Waals surface area (Å²) in [4.78, 5) is 0. The van der Waals surface area contributed by atoms with Gasteiger partial charge in [-0.15, -0.1) is 0 Å². The van der Waals surface area contributed by atoms with E-state index in [4.69, 9.17) is 9.47 Å². The molecule has 17 heavy (non-hydrogen) atoms. The van der Waals surface area contributed by atoms with Gasteiger partial charge in [-0.2, -0.15) is 5.10 Å². The molecule has 0 fully saturated rings. The molecule has 5 heteroatoms. The summed E-state index contributed by atoms with van der Waals surface area (Å²) in [6.45, 7) is 7.84. The Labute approximate surface area is 103 Å². The van der Waals surface area contributed by atoms with Crippen LogP contribution in [0.15, 0.2) is 0 Å². The molecule has 0 amide bonds. The summed E-state index contributed by atoms with van der Waals surface area (Å²) in [5.41, 5.74) is 3.59. The maximum atomic E-state index is 5.37. The topological polar surface area (TPSA) is 48.3 Å². The quantitative estimate of drug-likeness (QED) is 0.684. The lowest BCUT2D eigenvalue weighted by molar-refractivity contribution is 0.0719. The molecular formula is C12H23N3O2. The van der Waals surface area contributed by atoms with Crippen molar-refractivity contribution in [1.82, 2.24) is 15.1 Å². The minimum atomic E-state index is 0.654. The number of methoxy groups -OCH3 is 1. The molecule has 0 spiro atoms. The van der Waals surface area contributed by atoms with Gasteiger partial charge in [0.2, 0.25) is 0 Å². The summed E-state index contributed by atoms with van der Waals surface area (Å²) < 4.78 is 12.2. The van der Waals surface area contributed by atoms with Crippen molar-refractivity contribution in [3.63, 3.8) is 0 Å². The van der Waals surface area contributed by atoms with Gasteiger partial charge < -0.3 is 14.8 Å². The molecule has 1 heterocycles. The average molecular weight is 241 g/mol. The van der Waals surface area contributed by atoms with E-state index in [2.05, 4.69) is 17.3 Å². The van der Waals surface area contributed by atoms with Gasteiger partial charge in [0, 0.05) is 38.5 Å². The zero-order chi connectivity index (χ0) is 12.7. The van der Waals surface area contributed by atoms with Crippen molar-refractivity contribution in [2.24, 2.45) is 7.05 Å². The lowest BCUT2D eigenvalue weighted by Gasteiger charge is -2.06. The predicted octanol–water partition coefficient (Wildman–Crippen LogP) is 0.790. The van der Waals surface area contributed by atoms with Crippen LogP contribution in [-0.4, -0.2) is 43.3 Å². The molecule has 0 saturated heterocycles. The molecule has 0 radical (unpaired) electrons. The Bertz CT molecular complexity index is 337. The Balaban J connectivity index is 2.18. The van der Waals surface area contributed by atoms with Crippen molar-refractivity contribution in [3.05, 3.63) is 17.0 Å². The standard InChI is InChI=1S/C12H23N3O2/c1-10-12(11(2)15(3)14-10)9-13-5-6-17-8-7-16-4/h13H,5-9H2,1-4H3. The fourth-order valence-corrected chi connectivity index (χ4v) is 1.68. The number of hydrogen-bond acceptors (Lipinski definition) is 4. The molecule has 0 aliphatic carbocycles. The predicted molar refractivity (Wildman–Crippen MR) is 67.1 cm³/mol. The highest BCUT2D eigenvalue weighted by atomic mass is 16.5. The van der Waals surface area contributed by atoms with Crippen molar-refractivity contribution in [2.75, 3.05) is 33.5 Å². The van der Waals surface area contributed by atoms with E-state index in [1.54, 1.807) is 7.11 Å². The van der Waals surface area contributed by atoms with E-state index in [1.807, 2.05) is 18.7 Å². The monoisotopic (exact) mass is 241 g/mol. The summed E-state index contributed by atoms with van der Waals surface area (Å²) in [5.74, 6) is 0. The lowest BCUT2D eigenvalue weighted by atomic mass is 10.2. The second-order valence-electron chi connectivity index (χ2n) is 4.05. The van der Waals surface area contributed by atoms with Gasteiger partial charge in [-0.25, -0.2) is 0 Å². The lowest BCUT2D eigenvalue weighted by Crippen LogP contribution is -2.20. The van der Waals surface area contributed by atoms with E-state index in [0.717, 1.165) is 18.8 Å². The molecule has 98 valence electrons. The number of aromatic nitrogens is 2. The molecule has 0 unspecified atom stereocenters. The van der Waals surface area contributed by atoms with Gasteiger partial charge in [0.05, 0.1) is 25.5 Å². The van der Waals surface area contributed by atoms with Crippen LogP contribution >= 0.6 is 0 Å². The molecule has 1 aromatic rings. The van der Waals surface area contributed by atoms with E-state index >= 15 is 0 Å². The van der Waals surface area contributed by atoms with Crippen molar-refractivity contribution in [1.29, 1.82) is 0 Å². The van der Waals surface area contributed by atoms with Gasteiger partial charge >= 0.3 is 0 Å². The zero-order valence-corrected chi connectivity index (χ0v) is 11.2. The highest BCUT2D eigenvalue weighted by molar-refractivity contribution is 5.23. The van der Waals surface area contributed by atoms with Gasteiger partial charge in [-0.3, -0.25) is 4.68 Å². The van der Waals surface area contributed by atoms with Crippen LogP contribution in [0.1, 0.15) is 17.0 Å². The number of rotatable bonds is 8. The zero-order valence-electron chi connectivity index (χ0n) is 11.2. The van der Waals surface area contributed by atoms with Gasteiger partial charge in [0.15, 0.2) is 0 Å². The van der Waals surface area contributed by atoms with Crippen molar-refractivity contribution in [3.8, 4) is 0 Å². The SMILES string of the molecule is COCCOCCNCc1c(C)nn(C)c1C. The first kappa shape index (κ1) is 14.2. The maximum absolute atomic E-state index is 5.37. The number of nitrogens with one attached hydrogen (secondary N) is 1. The Morgan fingerprint density at radius 1 is 1.24 bits per heavy atom. The van der Waals surface area contributed by atoms with E-state index in [-0.39, 0.29) is 0 Å². The molecule has 1 N–H and O–H groups in total. The highest BCUT2D eigenvalue weighted by Crippen LogP contribution is 2.10. The van der Waals surface area contributed by atoms with E-state index in [0.29, 0.717) is 19.8 Å². The normalized spacial score (nSPS) is 11.1. The highest BCUT2D eigenvalue weighted by Gasteiger charge is 2.07. The summed E-state index contributed by atoms with van der Waals surface area (Å²) in [6.07, 6.45) is 0. The molecule has 0 aromatic carbocycles. The maximum Gasteiger partial charge on any atom is 0.0700 e. The van der Waals surface area contributed by atoms with Crippen LogP contribution in [-0.2, 0) is 23.1 Å². The third kappa shape index (κ3) is 4.46. The summed E-state index contributed by atoms with van der Waals surface area (Å²) in [7, 11) is 3.65.